The molecule has 0 rings (SSSR count). The fourth-order valence-corrected chi connectivity index (χ4v) is 3.49. The van der Waals surface area contributed by atoms with E-state index in [0.717, 1.165) is 12.8 Å². The molecular formula is C11H23ClO3S. The zero-order valence-electron chi connectivity index (χ0n) is 10.6. The van der Waals surface area contributed by atoms with Crippen LogP contribution in [0.5, 0.6) is 0 Å². The maximum absolute atomic E-state index is 11.2. The van der Waals surface area contributed by atoms with E-state index in [1.54, 1.807) is 0 Å². The summed E-state index contributed by atoms with van der Waals surface area (Å²) in [6, 6.07) is 0. The van der Waals surface area contributed by atoms with Crippen LogP contribution in [-0.2, 0) is 13.8 Å². The fraction of sp³-hybridized carbons (Fsp3) is 1.00. The molecule has 0 aliphatic heterocycles. The lowest BCUT2D eigenvalue weighted by atomic mass is 9.85. The first kappa shape index (κ1) is 16.2. The molecule has 0 spiro atoms. The molecule has 0 aromatic heterocycles. The monoisotopic (exact) mass is 270 g/mol. The summed E-state index contributed by atoms with van der Waals surface area (Å²) < 4.78 is 27.9. The van der Waals surface area contributed by atoms with Gasteiger partial charge in [-0.1, -0.05) is 27.7 Å². The lowest BCUT2D eigenvalue weighted by Gasteiger charge is -2.30. The molecule has 0 amide bonds. The Morgan fingerprint density at radius 2 is 1.75 bits per heavy atom. The summed E-state index contributed by atoms with van der Waals surface area (Å²) in [5.41, 5.74) is -0.338. The van der Waals surface area contributed by atoms with Gasteiger partial charge in [-0.15, -0.1) is 0 Å². The van der Waals surface area contributed by atoms with E-state index < -0.39 is 9.05 Å². The van der Waals surface area contributed by atoms with Crippen molar-refractivity contribution in [3.63, 3.8) is 0 Å². The second-order valence-electron chi connectivity index (χ2n) is 4.80. The lowest BCUT2D eigenvalue weighted by molar-refractivity contribution is 0.0361. The van der Waals surface area contributed by atoms with Gasteiger partial charge in [-0.3, -0.25) is 0 Å². The van der Waals surface area contributed by atoms with Crippen molar-refractivity contribution in [2.45, 2.75) is 40.5 Å². The molecule has 0 bridgehead atoms. The molecule has 0 heterocycles. The first-order chi connectivity index (χ1) is 7.24. The van der Waals surface area contributed by atoms with Crippen molar-refractivity contribution in [2.24, 2.45) is 11.3 Å². The van der Waals surface area contributed by atoms with Gasteiger partial charge in [0.25, 0.3) is 0 Å². The van der Waals surface area contributed by atoms with E-state index in [4.69, 9.17) is 15.4 Å². The highest BCUT2D eigenvalue weighted by atomic mass is 35.7. The van der Waals surface area contributed by atoms with Crippen LogP contribution in [0.25, 0.3) is 0 Å². The van der Waals surface area contributed by atoms with E-state index >= 15 is 0 Å². The first-order valence-electron chi connectivity index (χ1n) is 5.75. The molecule has 98 valence electrons. The Bertz CT molecular complexity index is 282. The minimum atomic E-state index is -3.46. The zero-order chi connectivity index (χ0) is 12.8. The summed E-state index contributed by atoms with van der Waals surface area (Å²) in [5.74, 6) is 0.450. The Kier molecular flexibility index (Phi) is 6.90. The summed E-state index contributed by atoms with van der Waals surface area (Å²) in [6.07, 6.45) is 1.51. The molecule has 0 aliphatic rings. The van der Waals surface area contributed by atoms with Crippen molar-refractivity contribution in [3.8, 4) is 0 Å². The van der Waals surface area contributed by atoms with Crippen LogP contribution in [0.4, 0.5) is 0 Å². The van der Waals surface area contributed by atoms with Crippen LogP contribution in [0.15, 0.2) is 0 Å². The lowest BCUT2D eigenvalue weighted by Crippen LogP contribution is -2.33. The predicted octanol–water partition coefficient (Wildman–Crippen LogP) is 3.03. The maximum atomic E-state index is 11.2. The van der Waals surface area contributed by atoms with Crippen LogP contribution in [-0.4, -0.2) is 27.4 Å². The van der Waals surface area contributed by atoms with Gasteiger partial charge in [0.1, 0.15) is 0 Å². The third-order valence-corrected chi connectivity index (χ3v) is 4.12. The average Bonchev–Trinajstić information content (AvgIpc) is 2.13. The van der Waals surface area contributed by atoms with Crippen LogP contribution >= 0.6 is 10.7 Å². The second kappa shape index (κ2) is 6.82. The first-order valence-corrected chi connectivity index (χ1v) is 8.22. The van der Waals surface area contributed by atoms with E-state index in [9.17, 15) is 8.42 Å². The molecule has 5 heteroatoms. The standard InChI is InChI=1S/C11H23ClO3S/c1-5-11(6-2,9-16(12,13)14)8-15-7-10(3)4/h10H,5-9H2,1-4H3. The Balaban J connectivity index is 4.44. The smallest absolute Gasteiger partial charge is 0.233 e. The normalized spacial score (nSPS) is 13.4. The molecule has 0 atom stereocenters. The van der Waals surface area contributed by atoms with Gasteiger partial charge in [-0.2, -0.15) is 0 Å². The number of halogens is 1. The summed E-state index contributed by atoms with van der Waals surface area (Å²) in [6.45, 7) is 9.21. The SMILES string of the molecule is CCC(CC)(COCC(C)C)CS(=O)(=O)Cl. The molecule has 0 unspecified atom stereocenters. The van der Waals surface area contributed by atoms with Gasteiger partial charge in [-0.25, -0.2) is 8.42 Å². The summed E-state index contributed by atoms with van der Waals surface area (Å²) in [7, 11) is 1.87. The topological polar surface area (TPSA) is 43.4 Å². The van der Waals surface area contributed by atoms with Crippen molar-refractivity contribution in [1.29, 1.82) is 0 Å². The van der Waals surface area contributed by atoms with Crippen molar-refractivity contribution in [3.05, 3.63) is 0 Å². The van der Waals surface area contributed by atoms with Crippen LogP contribution in [0.2, 0.25) is 0 Å². The van der Waals surface area contributed by atoms with Crippen molar-refractivity contribution in [2.75, 3.05) is 19.0 Å². The molecule has 0 N–H and O–H groups in total. The minimum absolute atomic E-state index is 0.00729. The molecule has 0 fully saturated rings. The van der Waals surface area contributed by atoms with Crippen molar-refractivity contribution < 1.29 is 13.2 Å². The van der Waals surface area contributed by atoms with Crippen LogP contribution in [0.1, 0.15) is 40.5 Å². The van der Waals surface area contributed by atoms with Crippen molar-refractivity contribution >= 4 is 19.7 Å². The molecule has 16 heavy (non-hydrogen) atoms. The Hall–Kier alpha value is 0.200. The van der Waals surface area contributed by atoms with Gasteiger partial charge in [0.05, 0.1) is 12.4 Å². The molecule has 0 saturated carbocycles. The Labute approximate surface area is 104 Å². The molecule has 0 saturated heterocycles. The maximum Gasteiger partial charge on any atom is 0.233 e. The highest BCUT2D eigenvalue weighted by molar-refractivity contribution is 8.13. The fourth-order valence-electron chi connectivity index (χ4n) is 1.58. The molecule has 0 aromatic rings. The van der Waals surface area contributed by atoms with E-state index in [2.05, 4.69) is 13.8 Å². The molecule has 0 aromatic carbocycles. The second-order valence-corrected chi connectivity index (χ2v) is 7.58. The van der Waals surface area contributed by atoms with Crippen LogP contribution in [0.3, 0.4) is 0 Å². The predicted molar refractivity (Wildman–Crippen MR) is 68.3 cm³/mol. The van der Waals surface area contributed by atoms with E-state index in [0.29, 0.717) is 19.1 Å². The Morgan fingerprint density at radius 1 is 1.25 bits per heavy atom. The van der Waals surface area contributed by atoms with E-state index in [1.807, 2.05) is 13.8 Å². The number of hydrogen-bond donors (Lipinski definition) is 0. The highest BCUT2D eigenvalue weighted by Crippen LogP contribution is 2.30. The van der Waals surface area contributed by atoms with Gasteiger partial charge in [-0.05, 0) is 18.8 Å². The van der Waals surface area contributed by atoms with Gasteiger partial charge in [0, 0.05) is 22.7 Å². The summed E-state index contributed by atoms with van der Waals surface area (Å²) in [4.78, 5) is 0. The molecule has 0 aliphatic carbocycles. The Morgan fingerprint density at radius 3 is 2.06 bits per heavy atom. The number of ether oxygens (including phenoxy) is 1. The van der Waals surface area contributed by atoms with Gasteiger partial charge >= 0.3 is 0 Å². The summed E-state index contributed by atoms with van der Waals surface area (Å²) >= 11 is 0. The number of rotatable bonds is 8. The van der Waals surface area contributed by atoms with Crippen molar-refractivity contribution in [1.82, 2.24) is 0 Å². The minimum Gasteiger partial charge on any atom is -0.381 e. The van der Waals surface area contributed by atoms with E-state index in [-0.39, 0.29) is 11.2 Å². The van der Waals surface area contributed by atoms with Gasteiger partial charge in [0.15, 0.2) is 0 Å². The number of hydrogen-bond acceptors (Lipinski definition) is 3. The van der Waals surface area contributed by atoms with Crippen LogP contribution in [0, 0.1) is 11.3 Å². The zero-order valence-corrected chi connectivity index (χ0v) is 12.2. The highest BCUT2D eigenvalue weighted by Gasteiger charge is 2.31. The summed E-state index contributed by atoms with van der Waals surface area (Å²) in [5, 5.41) is 0. The van der Waals surface area contributed by atoms with Gasteiger partial charge in [0.2, 0.25) is 9.05 Å². The quantitative estimate of drug-likeness (QED) is 0.637. The molecule has 0 radical (unpaired) electrons. The van der Waals surface area contributed by atoms with E-state index in [1.165, 1.54) is 0 Å². The third-order valence-electron chi connectivity index (χ3n) is 2.84. The molecule has 3 nitrogen and oxygen atoms in total. The molecular weight excluding hydrogens is 248 g/mol. The van der Waals surface area contributed by atoms with Gasteiger partial charge < -0.3 is 4.74 Å². The van der Waals surface area contributed by atoms with Crippen LogP contribution < -0.4 is 0 Å². The average molecular weight is 271 g/mol. The third kappa shape index (κ3) is 6.71. The largest absolute Gasteiger partial charge is 0.381 e.